The van der Waals surface area contributed by atoms with Crippen LogP contribution in [0.25, 0.3) is 16.2 Å². The van der Waals surface area contributed by atoms with Crippen LogP contribution in [0, 0.1) is 5.41 Å². The molecule has 5 nitrogen and oxygen atoms in total. The van der Waals surface area contributed by atoms with Gasteiger partial charge < -0.3 is 10.6 Å². The molecule has 1 unspecified atom stereocenters. The van der Waals surface area contributed by atoms with Crippen molar-refractivity contribution < 1.29 is 4.79 Å². The number of benzene rings is 1. The van der Waals surface area contributed by atoms with Crippen molar-refractivity contribution in [1.82, 2.24) is 14.7 Å². The van der Waals surface area contributed by atoms with Gasteiger partial charge in [-0.05, 0) is 38.4 Å². The summed E-state index contributed by atoms with van der Waals surface area (Å²) in [5, 5.41) is 8.38. The Morgan fingerprint density at radius 1 is 1.38 bits per heavy atom. The van der Waals surface area contributed by atoms with Gasteiger partial charge in [-0.2, -0.15) is 0 Å². The maximum atomic E-state index is 12.6. The monoisotopic (exact) mass is 340 g/mol. The second kappa shape index (κ2) is 6.03. The van der Waals surface area contributed by atoms with E-state index in [0.717, 1.165) is 47.8 Å². The third kappa shape index (κ3) is 2.83. The van der Waals surface area contributed by atoms with Crippen LogP contribution in [-0.4, -0.2) is 28.4 Å². The molecule has 0 bridgehead atoms. The number of aromatic nitrogens is 2. The van der Waals surface area contributed by atoms with Gasteiger partial charge in [0.2, 0.25) is 5.91 Å². The van der Waals surface area contributed by atoms with E-state index in [1.54, 1.807) is 11.3 Å². The fourth-order valence-electron chi connectivity index (χ4n) is 3.12. The summed E-state index contributed by atoms with van der Waals surface area (Å²) in [5.41, 5.74) is 2.50. The van der Waals surface area contributed by atoms with Crippen LogP contribution in [0.15, 0.2) is 42.0 Å². The minimum Gasteiger partial charge on any atom is -0.326 e. The van der Waals surface area contributed by atoms with Crippen molar-refractivity contribution in [2.24, 2.45) is 5.41 Å². The molecule has 4 rings (SSSR count). The zero-order valence-corrected chi connectivity index (χ0v) is 14.4. The summed E-state index contributed by atoms with van der Waals surface area (Å²) in [7, 11) is 0. The average Bonchev–Trinajstić information content (AvgIpc) is 3.18. The highest BCUT2D eigenvalue weighted by Gasteiger charge is 2.34. The first kappa shape index (κ1) is 15.4. The van der Waals surface area contributed by atoms with Crippen LogP contribution in [0.2, 0.25) is 0 Å². The lowest BCUT2D eigenvalue weighted by atomic mass is 9.82. The van der Waals surface area contributed by atoms with Crippen molar-refractivity contribution in [2.45, 2.75) is 19.8 Å². The van der Waals surface area contributed by atoms with Crippen LogP contribution in [0.4, 0.5) is 5.69 Å². The number of rotatable bonds is 3. The molecule has 1 saturated heterocycles. The van der Waals surface area contributed by atoms with E-state index in [1.807, 2.05) is 53.4 Å². The molecule has 1 aliphatic rings. The first-order valence-corrected chi connectivity index (χ1v) is 9.07. The predicted molar refractivity (Wildman–Crippen MR) is 97.3 cm³/mol. The average molecular weight is 340 g/mol. The Morgan fingerprint density at radius 3 is 2.92 bits per heavy atom. The Kier molecular flexibility index (Phi) is 3.86. The quantitative estimate of drug-likeness (QED) is 0.768. The smallest absolute Gasteiger partial charge is 0.231 e. The summed E-state index contributed by atoms with van der Waals surface area (Å²) in [5.74, 6) is 0.0879. The summed E-state index contributed by atoms with van der Waals surface area (Å²) < 4.78 is 2.02. The molecule has 1 aliphatic heterocycles. The number of imidazole rings is 1. The second-order valence-corrected chi connectivity index (χ2v) is 7.46. The molecule has 2 N–H and O–H groups in total. The number of piperidine rings is 1. The van der Waals surface area contributed by atoms with E-state index in [9.17, 15) is 4.79 Å². The van der Waals surface area contributed by atoms with Gasteiger partial charge in [0.1, 0.15) is 0 Å². The van der Waals surface area contributed by atoms with Crippen molar-refractivity contribution >= 4 is 27.9 Å². The largest absolute Gasteiger partial charge is 0.326 e. The highest BCUT2D eigenvalue weighted by Crippen LogP contribution is 2.28. The van der Waals surface area contributed by atoms with Crippen LogP contribution in [-0.2, 0) is 4.79 Å². The van der Waals surface area contributed by atoms with E-state index in [4.69, 9.17) is 0 Å². The third-order valence-electron chi connectivity index (χ3n) is 4.68. The Bertz CT molecular complexity index is 830. The maximum Gasteiger partial charge on any atom is 0.231 e. The highest BCUT2D eigenvalue weighted by molar-refractivity contribution is 7.15. The summed E-state index contributed by atoms with van der Waals surface area (Å²) >= 11 is 1.62. The van der Waals surface area contributed by atoms with Gasteiger partial charge in [-0.1, -0.05) is 12.1 Å². The minimum atomic E-state index is -0.328. The number of nitrogens with zero attached hydrogens (tertiary/aromatic N) is 2. The Hall–Kier alpha value is -2.18. The third-order valence-corrected chi connectivity index (χ3v) is 5.45. The van der Waals surface area contributed by atoms with Gasteiger partial charge in [0.25, 0.3) is 0 Å². The number of anilines is 1. The topological polar surface area (TPSA) is 58.4 Å². The second-order valence-electron chi connectivity index (χ2n) is 6.59. The van der Waals surface area contributed by atoms with Gasteiger partial charge in [-0.3, -0.25) is 9.20 Å². The van der Waals surface area contributed by atoms with Crippen LogP contribution in [0.3, 0.4) is 0 Å². The van der Waals surface area contributed by atoms with Crippen molar-refractivity contribution in [1.29, 1.82) is 0 Å². The Morgan fingerprint density at radius 2 is 2.21 bits per heavy atom. The summed E-state index contributed by atoms with van der Waals surface area (Å²) in [6.45, 7) is 3.77. The maximum absolute atomic E-state index is 12.6. The van der Waals surface area contributed by atoms with E-state index in [1.165, 1.54) is 0 Å². The molecule has 1 atom stereocenters. The number of amides is 1. The molecule has 24 heavy (non-hydrogen) atoms. The number of fused-ring (bicyclic) bond motifs is 1. The molecule has 0 spiro atoms. The molecular weight excluding hydrogens is 320 g/mol. The SMILES string of the molecule is CC1(C(=O)Nc2ccc(-c3cn4ccsc4n3)cc2)CCCNC1. The molecule has 1 amide bonds. The Labute approximate surface area is 144 Å². The molecule has 6 heteroatoms. The molecule has 0 aliphatic carbocycles. The minimum absolute atomic E-state index is 0.0879. The number of hydrogen-bond donors (Lipinski definition) is 2. The van der Waals surface area contributed by atoms with Crippen molar-refractivity contribution in [3.63, 3.8) is 0 Å². The highest BCUT2D eigenvalue weighted by atomic mass is 32.1. The lowest BCUT2D eigenvalue weighted by molar-refractivity contribution is -0.125. The fourth-order valence-corrected chi connectivity index (χ4v) is 3.82. The molecule has 124 valence electrons. The normalized spacial score (nSPS) is 21.0. The molecule has 3 heterocycles. The van der Waals surface area contributed by atoms with E-state index in [-0.39, 0.29) is 11.3 Å². The number of hydrogen-bond acceptors (Lipinski definition) is 4. The van der Waals surface area contributed by atoms with E-state index in [2.05, 4.69) is 15.6 Å². The van der Waals surface area contributed by atoms with Gasteiger partial charge >= 0.3 is 0 Å². The van der Waals surface area contributed by atoms with Gasteiger partial charge in [0.05, 0.1) is 11.1 Å². The molecule has 0 radical (unpaired) electrons. The van der Waals surface area contributed by atoms with Gasteiger partial charge in [-0.25, -0.2) is 4.98 Å². The zero-order valence-electron chi connectivity index (χ0n) is 13.6. The van der Waals surface area contributed by atoms with Crippen molar-refractivity contribution in [3.05, 3.63) is 42.0 Å². The molecule has 1 fully saturated rings. The van der Waals surface area contributed by atoms with Crippen LogP contribution in [0.1, 0.15) is 19.8 Å². The predicted octanol–water partition coefficient (Wildman–Crippen LogP) is 3.39. The van der Waals surface area contributed by atoms with Crippen LogP contribution >= 0.6 is 11.3 Å². The summed E-state index contributed by atoms with van der Waals surface area (Å²) in [6, 6.07) is 7.90. The molecule has 2 aromatic heterocycles. The van der Waals surface area contributed by atoms with E-state index in [0.29, 0.717) is 0 Å². The Balaban J connectivity index is 1.49. The fraction of sp³-hybridized carbons (Fsp3) is 0.333. The van der Waals surface area contributed by atoms with Crippen LogP contribution in [0.5, 0.6) is 0 Å². The first-order valence-electron chi connectivity index (χ1n) is 8.19. The first-order chi connectivity index (χ1) is 11.6. The summed E-state index contributed by atoms with van der Waals surface area (Å²) in [6.07, 6.45) is 5.99. The number of nitrogens with one attached hydrogen (secondary N) is 2. The van der Waals surface area contributed by atoms with Crippen molar-refractivity contribution in [2.75, 3.05) is 18.4 Å². The molecule has 1 aromatic carbocycles. The van der Waals surface area contributed by atoms with Crippen molar-refractivity contribution in [3.8, 4) is 11.3 Å². The standard InChI is InChI=1S/C18H20N4OS/c1-18(7-2-8-19-12-18)16(23)20-14-5-3-13(4-6-14)15-11-22-9-10-24-17(22)21-15/h3-6,9-11,19H,2,7-8,12H2,1H3,(H,20,23). The van der Waals surface area contributed by atoms with Gasteiger partial charge in [-0.15, -0.1) is 11.3 Å². The van der Waals surface area contributed by atoms with Gasteiger partial charge in [0, 0.05) is 35.6 Å². The summed E-state index contributed by atoms with van der Waals surface area (Å²) in [4.78, 5) is 18.2. The van der Waals surface area contributed by atoms with E-state index < -0.39 is 0 Å². The molecular formula is C18H20N4OS. The van der Waals surface area contributed by atoms with E-state index >= 15 is 0 Å². The van der Waals surface area contributed by atoms with Crippen LogP contribution < -0.4 is 10.6 Å². The molecule has 0 saturated carbocycles. The number of carbonyl (C=O) groups is 1. The lowest BCUT2D eigenvalue weighted by Crippen LogP contribution is -2.46. The number of carbonyl (C=O) groups excluding carboxylic acids is 1. The van der Waals surface area contributed by atoms with Gasteiger partial charge in [0.15, 0.2) is 4.96 Å². The zero-order chi connectivity index (χ0) is 16.6. The molecule has 3 aromatic rings. The lowest BCUT2D eigenvalue weighted by Gasteiger charge is -2.32. The number of thiazole rings is 1.